The fourth-order valence-electron chi connectivity index (χ4n) is 3.29. The second-order valence-electron chi connectivity index (χ2n) is 8.40. The van der Waals surface area contributed by atoms with Crippen LogP contribution in [-0.2, 0) is 11.3 Å². The molecule has 2 aromatic carbocycles. The van der Waals surface area contributed by atoms with Crippen LogP contribution in [0.25, 0.3) is 10.9 Å². The van der Waals surface area contributed by atoms with E-state index in [0.29, 0.717) is 19.0 Å². The summed E-state index contributed by atoms with van der Waals surface area (Å²) < 4.78 is 5.44. The van der Waals surface area contributed by atoms with Gasteiger partial charge in [0.1, 0.15) is 5.60 Å². The molecule has 0 bridgehead atoms. The number of nitrogens with one attached hydrogen (secondary N) is 3. The second-order valence-corrected chi connectivity index (χ2v) is 8.40. The number of amides is 1. The van der Waals surface area contributed by atoms with Gasteiger partial charge >= 0.3 is 6.09 Å². The molecule has 3 aromatic rings. The predicted molar refractivity (Wildman–Crippen MR) is 128 cm³/mol. The highest BCUT2D eigenvalue weighted by molar-refractivity contribution is 5.83. The molecule has 0 spiro atoms. The number of ether oxygens (including phenoxy) is 1. The number of para-hydroxylation sites is 1. The van der Waals surface area contributed by atoms with E-state index < -0.39 is 11.7 Å². The molecule has 32 heavy (non-hydrogen) atoms. The number of hydrogen-bond donors (Lipinski definition) is 3. The number of carbonyl (C=O) groups is 1. The van der Waals surface area contributed by atoms with Crippen LogP contribution in [0.4, 0.5) is 4.79 Å². The molecule has 0 fully saturated rings. The number of benzene rings is 2. The van der Waals surface area contributed by atoms with E-state index in [2.05, 4.69) is 32.0 Å². The molecule has 3 rings (SSSR count). The maximum absolute atomic E-state index is 12.4. The van der Waals surface area contributed by atoms with Crippen molar-refractivity contribution in [3.63, 3.8) is 0 Å². The highest BCUT2D eigenvalue weighted by atomic mass is 16.6. The molecule has 0 saturated heterocycles. The summed E-state index contributed by atoms with van der Waals surface area (Å²) in [6.45, 7) is 6.57. The number of fused-ring (bicyclic) bond motifs is 1. The normalized spacial score (nSPS) is 12.8. The summed E-state index contributed by atoms with van der Waals surface area (Å²) in [6, 6.07) is 19.5. The van der Waals surface area contributed by atoms with E-state index in [0.717, 1.165) is 22.0 Å². The van der Waals surface area contributed by atoms with Crippen molar-refractivity contribution in [2.75, 3.05) is 13.6 Å². The standard InChI is InChI=1S/C25H31N5O2/c1-25(2,3)32-24(31)30-22(18-10-6-5-7-11-18)17-29-23(26-4)28-16-19-14-15-27-21-13-9-8-12-20(19)21/h5-15,22H,16-17H2,1-4H3,(H,30,31)(H2,26,28,29). The first-order valence-electron chi connectivity index (χ1n) is 10.7. The topological polar surface area (TPSA) is 87.6 Å². The first-order chi connectivity index (χ1) is 15.4. The maximum Gasteiger partial charge on any atom is 0.408 e. The zero-order chi connectivity index (χ0) is 23.0. The van der Waals surface area contributed by atoms with Gasteiger partial charge in [0.15, 0.2) is 5.96 Å². The van der Waals surface area contributed by atoms with Gasteiger partial charge in [0.05, 0.1) is 11.6 Å². The SMILES string of the molecule is CN=C(NCc1ccnc2ccccc12)NCC(NC(=O)OC(C)(C)C)c1ccccc1. The van der Waals surface area contributed by atoms with Crippen LogP contribution in [0.3, 0.4) is 0 Å². The summed E-state index contributed by atoms with van der Waals surface area (Å²) in [7, 11) is 1.72. The predicted octanol–water partition coefficient (Wildman–Crippen LogP) is 4.17. The maximum atomic E-state index is 12.4. The van der Waals surface area contributed by atoms with Gasteiger partial charge in [-0.2, -0.15) is 0 Å². The first-order valence-corrected chi connectivity index (χ1v) is 10.7. The number of aromatic nitrogens is 1. The summed E-state index contributed by atoms with van der Waals surface area (Å²) in [5.41, 5.74) is 2.50. The third-order valence-electron chi connectivity index (χ3n) is 4.78. The molecule has 0 aliphatic carbocycles. The van der Waals surface area contributed by atoms with Gasteiger partial charge in [0.25, 0.3) is 0 Å². The Morgan fingerprint density at radius 1 is 1.03 bits per heavy atom. The Morgan fingerprint density at radius 2 is 1.75 bits per heavy atom. The van der Waals surface area contributed by atoms with Crippen molar-refractivity contribution >= 4 is 23.0 Å². The van der Waals surface area contributed by atoms with E-state index in [9.17, 15) is 4.79 Å². The van der Waals surface area contributed by atoms with Gasteiger partial charge < -0.3 is 20.7 Å². The number of carbonyl (C=O) groups excluding carboxylic acids is 1. The molecule has 1 heterocycles. The second kappa shape index (κ2) is 10.6. The molecule has 3 N–H and O–H groups in total. The van der Waals surface area contributed by atoms with Crippen LogP contribution in [0.5, 0.6) is 0 Å². The third-order valence-corrected chi connectivity index (χ3v) is 4.78. The van der Waals surface area contributed by atoms with Crippen molar-refractivity contribution in [3.8, 4) is 0 Å². The average Bonchev–Trinajstić information content (AvgIpc) is 2.77. The lowest BCUT2D eigenvalue weighted by molar-refractivity contribution is 0.0504. The molecular formula is C25H31N5O2. The molecule has 1 aromatic heterocycles. The zero-order valence-electron chi connectivity index (χ0n) is 19.1. The highest BCUT2D eigenvalue weighted by Gasteiger charge is 2.20. The monoisotopic (exact) mass is 433 g/mol. The molecule has 0 radical (unpaired) electrons. The van der Waals surface area contributed by atoms with Gasteiger partial charge in [-0.1, -0.05) is 48.5 Å². The Hall–Kier alpha value is -3.61. The van der Waals surface area contributed by atoms with Crippen molar-refractivity contribution in [1.29, 1.82) is 0 Å². The Labute approximate surface area is 189 Å². The van der Waals surface area contributed by atoms with Crippen LogP contribution < -0.4 is 16.0 Å². The third kappa shape index (κ3) is 6.70. The number of aliphatic imine (C=N–C) groups is 1. The summed E-state index contributed by atoms with van der Waals surface area (Å²) in [5.74, 6) is 0.637. The van der Waals surface area contributed by atoms with Crippen molar-refractivity contribution in [1.82, 2.24) is 20.9 Å². The van der Waals surface area contributed by atoms with E-state index in [4.69, 9.17) is 4.74 Å². The fourth-order valence-corrected chi connectivity index (χ4v) is 3.29. The van der Waals surface area contributed by atoms with Crippen molar-refractivity contribution in [2.24, 2.45) is 4.99 Å². The van der Waals surface area contributed by atoms with Crippen LogP contribution in [0, 0.1) is 0 Å². The summed E-state index contributed by atoms with van der Waals surface area (Å²) in [6.07, 6.45) is 1.35. The number of rotatable bonds is 6. The van der Waals surface area contributed by atoms with Gasteiger partial charge in [-0.05, 0) is 44.0 Å². The Bertz CT molecular complexity index is 1060. The molecule has 7 nitrogen and oxygen atoms in total. The van der Waals surface area contributed by atoms with E-state index >= 15 is 0 Å². The molecule has 1 atom stereocenters. The van der Waals surface area contributed by atoms with Gasteiger partial charge in [-0.25, -0.2) is 4.79 Å². The van der Waals surface area contributed by atoms with E-state index in [1.165, 1.54) is 0 Å². The average molecular weight is 434 g/mol. The number of hydrogen-bond acceptors (Lipinski definition) is 4. The molecule has 1 amide bonds. The van der Waals surface area contributed by atoms with Gasteiger partial charge in [-0.15, -0.1) is 0 Å². The fraction of sp³-hybridized carbons (Fsp3) is 0.320. The largest absolute Gasteiger partial charge is 0.444 e. The quantitative estimate of drug-likeness (QED) is 0.401. The Balaban J connectivity index is 1.65. The van der Waals surface area contributed by atoms with Crippen LogP contribution in [0.1, 0.15) is 37.9 Å². The number of pyridine rings is 1. The van der Waals surface area contributed by atoms with Crippen LogP contribution >= 0.6 is 0 Å². The Morgan fingerprint density at radius 3 is 2.47 bits per heavy atom. The molecule has 0 aliphatic heterocycles. The van der Waals surface area contributed by atoms with Crippen LogP contribution in [-0.4, -0.2) is 36.2 Å². The highest BCUT2D eigenvalue weighted by Crippen LogP contribution is 2.16. The summed E-state index contributed by atoms with van der Waals surface area (Å²) >= 11 is 0. The van der Waals surface area contributed by atoms with E-state index in [1.807, 2.05) is 81.6 Å². The lowest BCUT2D eigenvalue weighted by Gasteiger charge is -2.25. The van der Waals surface area contributed by atoms with Gasteiger partial charge in [0.2, 0.25) is 0 Å². The van der Waals surface area contributed by atoms with Gasteiger partial charge in [-0.3, -0.25) is 9.98 Å². The van der Waals surface area contributed by atoms with E-state index in [1.54, 1.807) is 7.05 Å². The molecule has 1 unspecified atom stereocenters. The minimum atomic E-state index is -0.566. The number of alkyl carbamates (subject to hydrolysis) is 1. The van der Waals surface area contributed by atoms with Crippen LogP contribution in [0.15, 0.2) is 71.9 Å². The van der Waals surface area contributed by atoms with Crippen molar-refractivity contribution in [3.05, 3.63) is 78.0 Å². The molecule has 0 aliphatic rings. The minimum absolute atomic E-state index is 0.286. The number of guanidine groups is 1. The molecule has 168 valence electrons. The number of nitrogens with zero attached hydrogens (tertiary/aromatic N) is 2. The molecular weight excluding hydrogens is 402 g/mol. The summed E-state index contributed by atoms with van der Waals surface area (Å²) in [4.78, 5) is 21.1. The van der Waals surface area contributed by atoms with Crippen molar-refractivity contribution in [2.45, 2.75) is 39.0 Å². The summed E-state index contributed by atoms with van der Waals surface area (Å²) in [5, 5.41) is 10.7. The molecule has 0 saturated carbocycles. The minimum Gasteiger partial charge on any atom is -0.444 e. The lowest BCUT2D eigenvalue weighted by atomic mass is 10.1. The smallest absolute Gasteiger partial charge is 0.408 e. The Kier molecular flexibility index (Phi) is 7.65. The van der Waals surface area contributed by atoms with Gasteiger partial charge in [0, 0.05) is 31.7 Å². The zero-order valence-corrected chi connectivity index (χ0v) is 19.1. The van der Waals surface area contributed by atoms with E-state index in [-0.39, 0.29) is 6.04 Å². The lowest BCUT2D eigenvalue weighted by Crippen LogP contribution is -2.44. The van der Waals surface area contributed by atoms with Crippen molar-refractivity contribution < 1.29 is 9.53 Å². The molecule has 7 heteroatoms. The first kappa shape index (κ1) is 23.1. The van der Waals surface area contributed by atoms with Crippen LogP contribution in [0.2, 0.25) is 0 Å².